The third kappa shape index (κ3) is 3.34. The lowest BCUT2D eigenvalue weighted by Crippen LogP contribution is -2.31. The van der Waals surface area contributed by atoms with E-state index < -0.39 is 6.17 Å². The average molecular weight is 414 g/mol. The van der Waals surface area contributed by atoms with Gasteiger partial charge in [-0.05, 0) is 49.1 Å². The molecule has 1 aromatic carbocycles. The van der Waals surface area contributed by atoms with Crippen molar-refractivity contribution in [3.8, 4) is 33.6 Å². The minimum Gasteiger partial charge on any atom is -0.285 e. The third-order valence-electron chi connectivity index (χ3n) is 6.85. The predicted octanol–water partition coefficient (Wildman–Crippen LogP) is 5.10. The fraction of sp³-hybridized carbons (Fsp3) is 0.333. The van der Waals surface area contributed by atoms with Gasteiger partial charge < -0.3 is 0 Å². The van der Waals surface area contributed by atoms with Crippen LogP contribution in [-0.4, -0.2) is 36.1 Å². The molecule has 1 N–H and O–H groups in total. The summed E-state index contributed by atoms with van der Waals surface area (Å²) >= 11 is 0. The van der Waals surface area contributed by atoms with E-state index >= 15 is 0 Å². The van der Waals surface area contributed by atoms with Crippen molar-refractivity contribution in [1.29, 1.82) is 0 Å². The number of hydrogen-bond acceptors (Lipinski definition) is 4. The van der Waals surface area contributed by atoms with Crippen molar-refractivity contribution in [3.63, 3.8) is 0 Å². The summed E-state index contributed by atoms with van der Waals surface area (Å²) in [6, 6.07) is 7.92. The first-order valence-electron chi connectivity index (χ1n) is 10.8. The second kappa shape index (κ2) is 7.41. The number of alkyl halides is 1. The van der Waals surface area contributed by atoms with Gasteiger partial charge >= 0.3 is 0 Å². The first-order chi connectivity index (χ1) is 15.2. The molecule has 6 rings (SSSR count). The molecule has 2 bridgehead atoms. The van der Waals surface area contributed by atoms with Gasteiger partial charge in [-0.15, -0.1) is 0 Å². The number of H-pyrrole nitrogens is 1. The van der Waals surface area contributed by atoms with Gasteiger partial charge in [0.05, 0.1) is 18.4 Å². The zero-order valence-corrected chi connectivity index (χ0v) is 17.0. The molecule has 0 radical (unpaired) electrons. The average Bonchev–Trinajstić information content (AvgIpc) is 3.58. The van der Waals surface area contributed by atoms with E-state index in [4.69, 9.17) is 0 Å². The monoisotopic (exact) mass is 414 g/mol. The number of rotatable bonds is 4. The fourth-order valence-electron chi connectivity index (χ4n) is 5.20. The van der Waals surface area contributed by atoms with Crippen molar-refractivity contribution >= 4 is 0 Å². The number of fused-ring (bicyclic) bond motifs is 2. The molecule has 2 fully saturated rings. The Bertz CT molecular complexity index is 1180. The van der Waals surface area contributed by atoms with Crippen molar-refractivity contribution in [2.24, 2.45) is 11.8 Å². The number of benzene rings is 1. The van der Waals surface area contributed by atoms with Gasteiger partial charge in [-0.2, -0.15) is 10.2 Å². The maximum absolute atomic E-state index is 14.9. The van der Waals surface area contributed by atoms with E-state index in [1.165, 1.54) is 0 Å². The summed E-state index contributed by atoms with van der Waals surface area (Å²) in [6.45, 7) is 0. The highest BCUT2D eigenvalue weighted by atomic mass is 19.1. The molecule has 2 aliphatic carbocycles. The van der Waals surface area contributed by atoms with Gasteiger partial charge in [0.15, 0.2) is 5.82 Å². The van der Waals surface area contributed by atoms with Gasteiger partial charge in [0, 0.05) is 47.0 Å². The Morgan fingerprint density at radius 1 is 0.903 bits per heavy atom. The smallest absolute Gasteiger partial charge is 0.159 e. The Hall–Kier alpha value is -3.35. The molecule has 0 spiro atoms. The zero-order chi connectivity index (χ0) is 20.8. The maximum Gasteiger partial charge on any atom is 0.159 e. The van der Waals surface area contributed by atoms with E-state index in [0.717, 1.165) is 53.5 Å². The lowest BCUT2D eigenvalue weighted by Gasteiger charge is -2.31. The first-order valence-corrected chi connectivity index (χ1v) is 10.8. The summed E-state index contributed by atoms with van der Waals surface area (Å²) in [5, 5.41) is 11.3. The summed E-state index contributed by atoms with van der Waals surface area (Å²) in [5.74, 6) is 1.51. The van der Waals surface area contributed by atoms with Crippen LogP contribution < -0.4 is 0 Å². The van der Waals surface area contributed by atoms with E-state index in [0.29, 0.717) is 11.7 Å². The highest BCUT2D eigenvalue weighted by Crippen LogP contribution is 2.48. The van der Waals surface area contributed by atoms with Crippen molar-refractivity contribution < 1.29 is 4.39 Å². The van der Waals surface area contributed by atoms with Crippen LogP contribution in [0.5, 0.6) is 0 Å². The Morgan fingerprint density at radius 2 is 1.77 bits per heavy atom. The van der Waals surface area contributed by atoms with Crippen LogP contribution in [0.25, 0.3) is 33.6 Å². The van der Waals surface area contributed by atoms with Crippen LogP contribution in [0.15, 0.2) is 61.4 Å². The zero-order valence-electron chi connectivity index (χ0n) is 17.0. The molecule has 1 unspecified atom stereocenters. The van der Waals surface area contributed by atoms with Gasteiger partial charge in [-0.3, -0.25) is 9.78 Å². The van der Waals surface area contributed by atoms with Gasteiger partial charge in [0.1, 0.15) is 6.17 Å². The number of aromatic amines is 1. The summed E-state index contributed by atoms with van der Waals surface area (Å²) < 4.78 is 16.7. The van der Waals surface area contributed by atoms with Crippen LogP contribution in [0.3, 0.4) is 0 Å². The van der Waals surface area contributed by atoms with E-state index in [2.05, 4.69) is 31.3 Å². The number of nitrogens with zero attached hydrogens (tertiary/aromatic N) is 5. The number of aromatic nitrogens is 6. The Morgan fingerprint density at radius 3 is 2.61 bits per heavy atom. The lowest BCUT2D eigenvalue weighted by molar-refractivity contribution is 0.100. The molecule has 0 amide bonds. The van der Waals surface area contributed by atoms with Gasteiger partial charge in [-0.1, -0.05) is 18.2 Å². The van der Waals surface area contributed by atoms with Crippen LogP contribution in [0.4, 0.5) is 4.39 Å². The Kier molecular flexibility index (Phi) is 4.40. The lowest BCUT2D eigenvalue weighted by atomic mass is 9.84. The van der Waals surface area contributed by atoms with Crippen molar-refractivity contribution in [2.75, 3.05) is 0 Å². The molecule has 6 nitrogen and oxygen atoms in total. The van der Waals surface area contributed by atoms with E-state index in [-0.39, 0.29) is 12.0 Å². The molecule has 4 atom stereocenters. The van der Waals surface area contributed by atoms with Crippen LogP contribution in [0, 0.1) is 11.8 Å². The second-order valence-electron chi connectivity index (χ2n) is 8.76. The SMILES string of the molecule is F[C@@H]1C2CC[C@@H](C2)C[C@H]1n1cc(-c2cnc(-c3cccc(-c4cn[nH]c4)c3)nc2)cn1. The quantitative estimate of drug-likeness (QED) is 0.504. The van der Waals surface area contributed by atoms with Crippen molar-refractivity contribution in [2.45, 2.75) is 37.9 Å². The standard InChI is InChI=1S/C24H23FN6/c25-23-17-5-4-15(6-17)7-22(23)31-14-21(13-30-31)19-9-26-24(27-10-19)18-3-1-2-16(8-18)20-11-28-29-12-20/h1-3,8-15,17,22-23H,4-7H2,(H,28,29)/t15-,17?,22+,23+/m0/s1. The molecule has 0 aliphatic heterocycles. The summed E-state index contributed by atoms with van der Waals surface area (Å²) in [5.41, 5.74) is 4.83. The summed E-state index contributed by atoms with van der Waals surface area (Å²) in [4.78, 5) is 9.15. The van der Waals surface area contributed by atoms with Crippen LogP contribution in [0.1, 0.15) is 31.7 Å². The van der Waals surface area contributed by atoms with Crippen LogP contribution >= 0.6 is 0 Å². The van der Waals surface area contributed by atoms with E-state index in [1.807, 2.05) is 47.7 Å². The molecule has 3 aromatic heterocycles. The summed E-state index contributed by atoms with van der Waals surface area (Å²) in [7, 11) is 0. The van der Waals surface area contributed by atoms with Gasteiger partial charge in [0.2, 0.25) is 0 Å². The number of halogens is 1. The molecule has 3 heterocycles. The van der Waals surface area contributed by atoms with E-state index in [9.17, 15) is 4.39 Å². The molecule has 7 heteroatoms. The first kappa shape index (κ1) is 18.4. The minimum absolute atomic E-state index is 0.147. The van der Waals surface area contributed by atoms with Gasteiger partial charge in [0.25, 0.3) is 0 Å². The number of hydrogen-bond donors (Lipinski definition) is 1. The maximum atomic E-state index is 14.9. The largest absolute Gasteiger partial charge is 0.285 e. The molecule has 0 saturated heterocycles. The van der Waals surface area contributed by atoms with Crippen molar-refractivity contribution in [1.82, 2.24) is 29.9 Å². The molecule has 31 heavy (non-hydrogen) atoms. The molecule has 2 saturated carbocycles. The second-order valence-corrected chi connectivity index (χ2v) is 8.76. The molecule has 2 aliphatic rings. The fourth-order valence-corrected chi connectivity index (χ4v) is 5.20. The molecule has 156 valence electrons. The normalized spacial score (nSPS) is 25.1. The number of nitrogens with one attached hydrogen (secondary N) is 1. The molecular weight excluding hydrogens is 391 g/mol. The Balaban J connectivity index is 1.24. The summed E-state index contributed by atoms with van der Waals surface area (Å²) in [6.07, 6.45) is 14.3. The van der Waals surface area contributed by atoms with Crippen molar-refractivity contribution in [3.05, 3.63) is 61.4 Å². The van der Waals surface area contributed by atoms with Crippen LogP contribution in [-0.2, 0) is 0 Å². The molecule has 4 aromatic rings. The Labute approximate surface area is 179 Å². The van der Waals surface area contributed by atoms with Crippen LogP contribution in [0.2, 0.25) is 0 Å². The highest BCUT2D eigenvalue weighted by molar-refractivity contribution is 5.70. The topological polar surface area (TPSA) is 72.3 Å². The highest BCUT2D eigenvalue weighted by Gasteiger charge is 2.43. The van der Waals surface area contributed by atoms with Gasteiger partial charge in [-0.25, -0.2) is 14.4 Å². The van der Waals surface area contributed by atoms with E-state index in [1.54, 1.807) is 12.4 Å². The third-order valence-corrected chi connectivity index (χ3v) is 6.85. The molecular formula is C24H23FN6. The predicted molar refractivity (Wildman–Crippen MR) is 116 cm³/mol. The minimum atomic E-state index is -0.798.